The number of hydrogen-bond donors (Lipinski definition) is 4. The van der Waals surface area contributed by atoms with Crippen molar-refractivity contribution < 1.29 is 28.7 Å². The Hall–Kier alpha value is -4.05. The molecule has 1 fully saturated rings. The van der Waals surface area contributed by atoms with Gasteiger partial charge in [0.1, 0.15) is 24.2 Å². The Kier molecular flexibility index (Phi) is 15.1. The summed E-state index contributed by atoms with van der Waals surface area (Å²) in [5, 5.41) is 11.5. The molecule has 2 unspecified atom stereocenters. The minimum absolute atomic E-state index is 0.0384. The number of carbonyl (C=O) groups excluding carboxylic acids is 5. The van der Waals surface area contributed by atoms with Crippen LogP contribution in [0.2, 0.25) is 0 Å². The summed E-state index contributed by atoms with van der Waals surface area (Å²) >= 11 is 0. The Bertz CT molecular complexity index is 1310. The van der Waals surface area contributed by atoms with E-state index < -0.39 is 48.0 Å². The molecule has 1 aliphatic rings. The van der Waals surface area contributed by atoms with Gasteiger partial charge >= 0.3 is 0 Å². The first-order valence-electron chi connectivity index (χ1n) is 16.9. The lowest BCUT2D eigenvalue weighted by Crippen LogP contribution is -2.58. The van der Waals surface area contributed by atoms with E-state index in [-0.39, 0.29) is 36.4 Å². The summed E-state index contributed by atoms with van der Waals surface area (Å²) in [5.74, 6) is -1.67. The zero-order valence-corrected chi connectivity index (χ0v) is 28.4. The van der Waals surface area contributed by atoms with Crippen molar-refractivity contribution in [1.82, 2.24) is 21.3 Å². The number of Topliss-reactive ketones (excluding diaryl/α,β-unsaturated/α-hetero) is 1. The summed E-state index contributed by atoms with van der Waals surface area (Å²) < 4.78 is 5.20. The van der Waals surface area contributed by atoms with Gasteiger partial charge in [-0.2, -0.15) is 0 Å². The van der Waals surface area contributed by atoms with Crippen LogP contribution in [0.1, 0.15) is 77.8 Å². The number of amides is 4. The molecule has 10 heteroatoms. The van der Waals surface area contributed by atoms with Gasteiger partial charge in [-0.15, -0.1) is 0 Å². The normalized spacial score (nSPS) is 16.4. The van der Waals surface area contributed by atoms with Gasteiger partial charge in [0.05, 0.1) is 12.6 Å². The summed E-state index contributed by atoms with van der Waals surface area (Å²) in [7, 11) is 0. The van der Waals surface area contributed by atoms with E-state index in [9.17, 15) is 24.0 Å². The van der Waals surface area contributed by atoms with E-state index in [0.717, 1.165) is 11.1 Å². The number of ether oxygens (including phenoxy) is 1. The van der Waals surface area contributed by atoms with Gasteiger partial charge in [-0.25, -0.2) is 0 Å². The van der Waals surface area contributed by atoms with Gasteiger partial charge < -0.3 is 26.0 Å². The molecule has 0 saturated carbocycles. The van der Waals surface area contributed by atoms with Gasteiger partial charge in [-0.1, -0.05) is 95.3 Å². The van der Waals surface area contributed by atoms with Gasteiger partial charge in [-0.3, -0.25) is 24.0 Å². The van der Waals surface area contributed by atoms with Gasteiger partial charge in [-0.05, 0) is 55.1 Å². The van der Waals surface area contributed by atoms with Crippen LogP contribution in [0.5, 0.6) is 0 Å². The third-order valence-electron chi connectivity index (χ3n) is 7.97. The van der Waals surface area contributed by atoms with Crippen LogP contribution in [0.4, 0.5) is 0 Å². The van der Waals surface area contributed by atoms with Gasteiger partial charge in [0, 0.05) is 12.8 Å². The number of rotatable bonds is 20. The highest BCUT2D eigenvalue weighted by Crippen LogP contribution is 2.17. The Balaban J connectivity index is 1.80. The number of hydrogen-bond acceptors (Lipinski definition) is 6. The third kappa shape index (κ3) is 13.3. The minimum atomic E-state index is -1.00. The van der Waals surface area contributed by atoms with E-state index in [4.69, 9.17) is 4.74 Å². The highest BCUT2D eigenvalue weighted by Gasteiger charge is 2.38. The molecule has 256 valence electrons. The number of epoxide rings is 1. The average molecular weight is 649 g/mol. The van der Waals surface area contributed by atoms with Crippen LogP contribution in [-0.2, 0) is 41.6 Å². The second-order valence-electron chi connectivity index (χ2n) is 13.3. The number of ketones is 1. The van der Waals surface area contributed by atoms with E-state index in [2.05, 4.69) is 21.3 Å². The number of aryl methyl sites for hydroxylation is 1. The summed E-state index contributed by atoms with van der Waals surface area (Å²) in [5.41, 5.74) is 1.86. The smallest absolute Gasteiger partial charge is 0.243 e. The summed E-state index contributed by atoms with van der Waals surface area (Å²) in [6.45, 7) is 10.1. The molecule has 2 aromatic carbocycles. The Morgan fingerprint density at radius 2 is 1.17 bits per heavy atom. The maximum absolute atomic E-state index is 13.9. The topological polar surface area (TPSA) is 146 Å². The predicted molar refractivity (Wildman–Crippen MR) is 181 cm³/mol. The molecule has 0 radical (unpaired) electrons. The molecular weight excluding hydrogens is 596 g/mol. The van der Waals surface area contributed by atoms with Crippen molar-refractivity contribution in [3.8, 4) is 0 Å². The fourth-order valence-electron chi connectivity index (χ4n) is 5.45. The van der Waals surface area contributed by atoms with Crippen LogP contribution in [0.25, 0.3) is 0 Å². The highest BCUT2D eigenvalue weighted by molar-refractivity contribution is 5.97. The molecule has 0 aliphatic carbocycles. The van der Waals surface area contributed by atoms with Crippen molar-refractivity contribution in [3.05, 3.63) is 71.8 Å². The lowest BCUT2D eigenvalue weighted by atomic mass is 9.97. The molecule has 5 atom stereocenters. The van der Waals surface area contributed by atoms with E-state index in [1.165, 1.54) is 0 Å². The van der Waals surface area contributed by atoms with Crippen LogP contribution in [0.15, 0.2) is 60.7 Å². The lowest BCUT2D eigenvalue weighted by molar-refractivity contribution is -0.135. The zero-order valence-electron chi connectivity index (χ0n) is 28.4. The molecule has 47 heavy (non-hydrogen) atoms. The second kappa shape index (κ2) is 18.9. The standard InChI is InChI=1S/C37H52N4O6/c1-6-13-33(42)38-28(19-18-26-14-9-7-10-15-26)35(44)40-30(21-25(4)5)36(45)41-31(22-27-16-11-8-12-17-27)37(46)39-29(20-24(2)3)34(43)32-23-47-32/h7-12,14-17,24-25,28-32H,6,13,18-23H2,1-5H3,(H,38,42)(H,39,46)(H,40,44)(H,41,45)/t28?,29-,30-,31?,32+/m0/s1. The van der Waals surface area contributed by atoms with Crippen LogP contribution in [0.3, 0.4) is 0 Å². The molecular formula is C37H52N4O6. The van der Waals surface area contributed by atoms with Crippen molar-refractivity contribution in [1.29, 1.82) is 0 Å². The number of nitrogens with one attached hydrogen (secondary N) is 4. The zero-order chi connectivity index (χ0) is 34.3. The minimum Gasteiger partial charge on any atom is -0.365 e. The van der Waals surface area contributed by atoms with Gasteiger partial charge in [0.25, 0.3) is 0 Å². The third-order valence-corrected chi connectivity index (χ3v) is 7.97. The maximum Gasteiger partial charge on any atom is 0.243 e. The van der Waals surface area contributed by atoms with Gasteiger partial charge in [0.2, 0.25) is 23.6 Å². The average Bonchev–Trinajstić information content (AvgIpc) is 3.88. The fourth-order valence-corrected chi connectivity index (χ4v) is 5.45. The van der Waals surface area contributed by atoms with Crippen molar-refractivity contribution in [2.24, 2.45) is 11.8 Å². The molecule has 1 heterocycles. The van der Waals surface area contributed by atoms with Crippen LogP contribution in [0, 0.1) is 11.8 Å². The summed E-state index contributed by atoms with van der Waals surface area (Å²) in [6.07, 6.45) is 2.28. The SMILES string of the molecule is CCCC(=O)NC(CCc1ccccc1)C(=O)N[C@@H](CC(C)C)C(=O)NC(Cc1ccccc1)C(=O)N[C@@H](CC(C)C)C(=O)[C@H]1CO1. The monoisotopic (exact) mass is 648 g/mol. The van der Waals surface area contributed by atoms with Crippen LogP contribution >= 0.6 is 0 Å². The first-order chi connectivity index (χ1) is 22.5. The predicted octanol–water partition coefficient (Wildman–Crippen LogP) is 3.66. The molecule has 0 aromatic heterocycles. The Morgan fingerprint density at radius 1 is 0.681 bits per heavy atom. The molecule has 0 bridgehead atoms. The van der Waals surface area contributed by atoms with Crippen molar-refractivity contribution in [2.75, 3.05) is 6.61 Å². The molecule has 4 N–H and O–H groups in total. The van der Waals surface area contributed by atoms with Crippen LogP contribution in [-0.4, -0.2) is 66.3 Å². The largest absolute Gasteiger partial charge is 0.365 e. The highest BCUT2D eigenvalue weighted by atomic mass is 16.6. The quantitative estimate of drug-likeness (QED) is 0.161. The number of carbonyl (C=O) groups is 5. The number of benzene rings is 2. The van der Waals surface area contributed by atoms with E-state index in [0.29, 0.717) is 38.7 Å². The lowest BCUT2D eigenvalue weighted by Gasteiger charge is -2.27. The molecule has 1 saturated heterocycles. The van der Waals surface area contributed by atoms with Crippen LogP contribution < -0.4 is 21.3 Å². The van der Waals surface area contributed by atoms with Crippen molar-refractivity contribution in [2.45, 2.75) is 110 Å². The molecule has 2 aromatic rings. The van der Waals surface area contributed by atoms with E-state index in [1.54, 1.807) is 0 Å². The first-order valence-corrected chi connectivity index (χ1v) is 16.9. The fraction of sp³-hybridized carbons (Fsp3) is 0.541. The molecule has 3 rings (SSSR count). The molecule has 0 spiro atoms. The first kappa shape index (κ1) is 37.4. The molecule has 10 nitrogen and oxygen atoms in total. The Labute approximate surface area is 279 Å². The molecule has 4 amide bonds. The summed E-state index contributed by atoms with van der Waals surface area (Å²) in [6, 6.07) is 15.5. The maximum atomic E-state index is 13.9. The Morgan fingerprint density at radius 3 is 1.72 bits per heavy atom. The van der Waals surface area contributed by atoms with Gasteiger partial charge in [0.15, 0.2) is 5.78 Å². The van der Waals surface area contributed by atoms with E-state index in [1.807, 2.05) is 95.3 Å². The van der Waals surface area contributed by atoms with Crippen molar-refractivity contribution in [3.63, 3.8) is 0 Å². The van der Waals surface area contributed by atoms with E-state index >= 15 is 0 Å². The molecule has 1 aliphatic heterocycles. The second-order valence-corrected chi connectivity index (χ2v) is 13.3. The summed E-state index contributed by atoms with van der Waals surface area (Å²) in [4.78, 5) is 66.8. The van der Waals surface area contributed by atoms with Crippen molar-refractivity contribution >= 4 is 29.4 Å².